The van der Waals surface area contributed by atoms with Gasteiger partial charge in [0, 0.05) is 0 Å². The van der Waals surface area contributed by atoms with E-state index in [9.17, 15) is 8.42 Å². The Morgan fingerprint density at radius 3 is 2.08 bits per heavy atom. The van der Waals surface area contributed by atoms with Crippen LogP contribution in [0.3, 0.4) is 0 Å². The average molecular weight is 194 g/mol. The minimum absolute atomic E-state index is 0. The highest BCUT2D eigenvalue weighted by Crippen LogP contribution is 2.09. The number of rotatable bonds is 2. The Kier molecular flexibility index (Phi) is 3.65. The minimum Gasteiger partial charge on any atom is -0.362 e. The Hall–Kier alpha value is -1.14. The molecule has 0 saturated heterocycles. The zero-order chi connectivity index (χ0) is 8.32. The third-order valence-corrected chi connectivity index (χ3v) is 1.35. The van der Waals surface area contributed by atoms with Gasteiger partial charge in [-0.2, -0.15) is 8.42 Å². The van der Waals surface area contributed by atoms with Crippen LogP contribution in [0.4, 0.5) is 4.70 Å². The van der Waals surface area contributed by atoms with Gasteiger partial charge in [-0.1, -0.05) is 18.2 Å². The van der Waals surface area contributed by atoms with E-state index in [0.717, 1.165) is 0 Å². The van der Waals surface area contributed by atoms with Gasteiger partial charge in [0.25, 0.3) is 0 Å². The fourth-order valence-corrected chi connectivity index (χ4v) is 0.952. The number of benzene rings is 1. The summed E-state index contributed by atoms with van der Waals surface area (Å²) in [5.41, 5.74) is 0. The molecule has 0 aromatic heterocycles. The van der Waals surface area contributed by atoms with Gasteiger partial charge in [0.1, 0.15) is 5.75 Å². The van der Waals surface area contributed by atoms with E-state index in [1.54, 1.807) is 18.2 Å². The minimum atomic E-state index is -4.38. The molecule has 1 rings (SSSR count). The van der Waals surface area contributed by atoms with Crippen LogP contribution in [-0.2, 0) is 10.4 Å². The van der Waals surface area contributed by atoms with Crippen molar-refractivity contribution in [1.29, 1.82) is 0 Å². The van der Waals surface area contributed by atoms with E-state index < -0.39 is 10.4 Å². The number of para-hydroxylation sites is 1. The lowest BCUT2D eigenvalue weighted by atomic mass is 10.3. The molecule has 0 aliphatic carbocycles. The molecule has 0 aliphatic rings. The van der Waals surface area contributed by atoms with Gasteiger partial charge in [0.2, 0.25) is 0 Å². The lowest BCUT2D eigenvalue weighted by Gasteiger charge is -1.98. The molecule has 68 valence electrons. The Morgan fingerprint density at radius 1 is 1.17 bits per heavy atom. The molecule has 0 spiro atoms. The van der Waals surface area contributed by atoms with Crippen LogP contribution in [0, 0.1) is 0 Å². The first-order chi connectivity index (χ1) is 5.08. The third kappa shape index (κ3) is 3.89. The van der Waals surface area contributed by atoms with Crippen LogP contribution >= 0.6 is 0 Å². The van der Waals surface area contributed by atoms with Gasteiger partial charge in [-0.05, 0) is 12.1 Å². The molecular formula is C6H7FO4S. The molecule has 1 N–H and O–H groups in total. The summed E-state index contributed by atoms with van der Waals surface area (Å²) in [5.74, 6) is 0.0926. The van der Waals surface area contributed by atoms with Crippen molar-refractivity contribution in [3.05, 3.63) is 30.3 Å². The summed E-state index contributed by atoms with van der Waals surface area (Å²) >= 11 is 0. The maximum atomic E-state index is 10.1. The molecule has 0 fully saturated rings. The van der Waals surface area contributed by atoms with E-state index in [-0.39, 0.29) is 10.5 Å². The van der Waals surface area contributed by atoms with E-state index in [4.69, 9.17) is 4.55 Å². The molecule has 0 heterocycles. The molecule has 4 nitrogen and oxygen atoms in total. The summed E-state index contributed by atoms with van der Waals surface area (Å²) < 4.78 is 32.6. The summed E-state index contributed by atoms with van der Waals surface area (Å²) in [7, 11) is -4.38. The topological polar surface area (TPSA) is 63.6 Å². The summed E-state index contributed by atoms with van der Waals surface area (Å²) in [6.07, 6.45) is 0. The van der Waals surface area contributed by atoms with Gasteiger partial charge in [-0.25, -0.2) is 0 Å². The normalized spacial score (nSPS) is 10.1. The molecule has 0 bridgehead atoms. The zero-order valence-electron chi connectivity index (χ0n) is 5.88. The summed E-state index contributed by atoms with van der Waals surface area (Å²) in [4.78, 5) is 0. The van der Waals surface area contributed by atoms with E-state index in [2.05, 4.69) is 4.18 Å². The van der Waals surface area contributed by atoms with E-state index in [1.165, 1.54) is 12.1 Å². The quantitative estimate of drug-likeness (QED) is 0.714. The predicted molar refractivity (Wildman–Crippen MR) is 41.1 cm³/mol. The maximum absolute atomic E-state index is 10.1. The second-order valence-corrected chi connectivity index (χ2v) is 2.85. The van der Waals surface area contributed by atoms with Crippen molar-refractivity contribution in [3.63, 3.8) is 0 Å². The largest absolute Gasteiger partial charge is 0.446 e. The Morgan fingerprint density at radius 2 is 1.67 bits per heavy atom. The molecule has 0 saturated carbocycles. The second-order valence-electron chi connectivity index (χ2n) is 1.82. The lowest BCUT2D eigenvalue weighted by Crippen LogP contribution is -2.06. The van der Waals surface area contributed by atoms with Crippen LogP contribution < -0.4 is 4.18 Å². The van der Waals surface area contributed by atoms with Crippen LogP contribution in [0.15, 0.2) is 30.3 Å². The highest BCUT2D eigenvalue weighted by molar-refractivity contribution is 7.81. The summed E-state index contributed by atoms with van der Waals surface area (Å²) in [6.45, 7) is 0. The Labute approximate surface area is 69.1 Å². The van der Waals surface area contributed by atoms with Crippen molar-refractivity contribution in [2.45, 2.75) is 0 Å². The van der Waals surface area contributed by atoms with Crippen molar-refractivity contribution >= 4 is 10.4 Å². The van der Waals surface area contributed by atoms with Crippen molar-refractivity contribution in [2.24, 2.45) is 0 Å². The summed E-state index contributed by atoms with van der Waals surface area (Å²) in [6, 6.07) is 7.75. The fraction of sp³-hybridized carbons (Fsp3) is 0. The first kappa shape index (κ1) is 10.9. The maximum Gasteiger partial charge on any atom is 0.446 e. The molecule has 1 aromatic rings. The first-order valence-electron chi connectivity index (χ1n) is 2.80. The standard InChI is InChI=1S/C6H6O4S.FH/c7-11(8,9)10-6-4-2-1-3-5-6;/h1-5H,(H,7,8,9);1H. The van der Waals surface area contributed by atoms with Crippen molar-refractivity contribution in [3.8, 4) is 5.75 Å². The van der Waals surface area contributed by atoms with Gasteiger partial charge in [-0.15, -0.1) is 0 Å². The lowest BCUT2D eigenvalue weighted by molar-refractivity contribution is 0.387. The Balaban J connectivity index is 0.00000121. The Bertz CT molecular complexity index is 321. The molecule has 0 amide bonds. The van der Waals surface area contributed by atoms with Crippen LogP contribution in [0.1, 0.15) is 0 Å². The zero-order valence-corrected chi connectivity index (χ0v) is 6.69. The van der Waals surface area contributed by atoms with Crippen molar-refractivity contribution in [2.75, 3.05) is 0 Å². The fourth-order valence-electron chi connectivity index (χ4n) is 0.598. The van der Waals surface area contributed by atoms with Crippen molar-refractivity contribution in [1.82, 2.24) is 0 Å². The van der Waals surface area contributed by atoms with Crippen LogP contribution in [0.25, 0.3) is 0 Å². The summed E-state index contributed by atoms with van der Waals surface area (Å²) in [5, 5.41) is 0. The highest BCUT2D eigenvalue weighted by atomic mass is 32.3. The van der Waals surface area contributed by atoms with Gasteiger partial charge in [-0.3, -0.25) is 9.26 Å². The molecule has 0 atom stereocenters. The number of hydrogen-bond acceptors (Lipinski definition) is 3. The van der Waals surface area contributed by atoms with E-state index >= 15 is 0 Å². The van der Waals surface area contributed by atoms with Crippen LogP contribution in [0.2, 0.25) is 0 Å². The van der Waals surface area contributed by atoms with Gasteiger partial charge in [0.15, 0.2) is 0 Å². The molecule has 0 radical (unpaired) electrons. The van der Waals surface area contributed by atoms with Gasteiger partial charge >= 0.3 is 10.4 Å². The predicted octanol–water partition coefficient (Wildman–Crippen LogP) is 1.02. The smallest absolute Gasteiger partial charge is 0.362 e. The average Bonchev–Trinajstić information content (AvgIpc) is 1.85. The SMILES string of the molecule is F.O=S(=O)(O)Oc1ccccc1. The van der Waals surface area contributed by atoms with E-state index in [0.29, 0.717) is 0 Å². The number of hydrogen-bond donors (Lipinski definition) is 1. The molecule has 12 heavy (non-hydrogen) atoms. The number of halogens is 1. The van der Waals surface area contributed by atoms with Crippen LogP contribution in [-0.4, -0.2) is 13.0 Å². The molecule has 6 heteroatoms. The molecular weight excluding hydrogens is 187 g/mol. The third-order valence-electron chi connectivity index (χ3n) is 0.945. The van der Waals surface area contributed by atoms with Crippen molar-refractivity contribution < 1.29 is 21.9 Å². The first-order valence-corrected chi connectivity index (χ1v) is 4.16. The van der Waals surface area contributed by atoms with E-state index in [1.807, 2.05) is 0 Å². The van der Waals surface area contributed by atoms with Crippen LogP contribution in [0.5, 0.6) is 5.75 Å². The highest BCUT2D eigenvalue weighted by Gasteiger charge is 2.04. The van der Waals surface area contributed by atoms with Gasteiger partial charge in [0.05, 0.1) is 0 Å². The molecule has 0 unspecified atom stereocenters. The monoisotopic (exact) mass is 194 g/mol. The molecule has 1 aromatic carbocycles. The van der Waals surface area contributed by atoms with Gasteiger partial charge < -0.3 is 4.18 Å². The molecule has 0 aliphatic heterocycles. The second kappa shape index (κ2) is 4.03.